The summed E-state index contributed by atoms with van der Waals surface area (Å²) in [6, 6.07) is 1.52. The number of pyridine rings is 1. The summed E-state index contributed by atoms with van der Waals surface area (Å²) < 4.78 is 12.7. The van der Waals surface area contributed by atoms with Crippen LogP contribution < -0.4 is 0 Å². The van der Waals surface area contributed by atoms with Crippen LogP contribution in [0.2, 0.25) is 0 Å². The van der Waals surface area contributed by atoms with Crippen molar-refractivity contribution >= 4 is 11.6 Å². The highest BCUT2D eigenvalue weighted by molar-refractivity contribution is 5.92. The van der Waals surface area contributed by atoms with Crippen LogP contribution in [0.3, 0.4) is 0 Å². The highest BCUT2D eigenvalue weighted by Crippen LogP contribution is 2.11. The summed E-state index contributed by atoms with van der Waals surface area (Å²) >= 11 is 0. The van der Waals surface area contributed by atoms with Gasteiger partial charge in [-0.05, 0) is 9.91 Å². The predicted molar refractivity (Wildman–Crippen MR) is 40.9 cm³/mol. The second-order valence-corrected chi connectivity index (χ2v) is 2.34. The number of rotatable bonds is 2. The van der Waals surface area contributed by atoms with Crippen LogP contribution in [0.1, 0.15) is 17.4 Å². The van der Waals surface area contributed by atoms with Crippen LogP contribution in [-0.4, -0.2) is 15.7 Å². The number of carbonyl (C=O) groups excluding carboxylic acids is 1. The maximum Gasteiger partial charge on any atom is 0.367 e. The quantitative estimate of drug-likeness (QED) is 0.394. The Hall–Kier alpha value is -1.85. The monoisotopic (exact) mass is 184 g/mol. The molecule has 0 atom stereocenters. The number of halogens is 1. The maximum atomic E-state index is 12.7. The van der Waals surface area contributed by atoms with Crippen LogP contribution in [-0.2, 0) is 0 Å². The molecule has 0 aliphatic carbocycles. The third-order valence-corrected chi connectivity index (χ3v) is 1.32. The van der Waals surface area contributed by atoms with Gasteiger partial charge in [0.25, 0.3) is 0 Å². The summed E-state index contributed by atoms with van der Waals surface area (Å²) in [5.41, 5.74) is -0.244. The fourth-order valence-corrected chi connectivity index (χ4v) is 0.757. The molecular weight excluding hydrogens is 179 g/mol. The van der Waals surface area contributed by atoms with Gasteiger partial charge in [-0.2, -0.15) is 0 Å². The Balaban J connectivity index is 3.26. The van der Waals surface area contributed by atoms with Crippen LogP contribution in [0.4, 0.5) is 10.2 Å². The van der Waals surface area contributed by atoms with Gasteiger partial charge in [-0.25, -0.2) is 4.39 Å². The molecule has 1 aromatic rings. The van der Waals surface area contributed by atoms with Gasteiger partial charge in [-0.1, -0.05) is 0 Å². The normalized spacial score (nSPS) is 9.69. The van der Waals surface area contributed by atoms with Gasteiger partial charge < -0.3 is 10.1 Å². The Bertz CT molecular complexity index is 346. The molecule has 0 aromatic carbocycles. The highest BCUT2D eigenvalue weighted by atomic mass is 19.1. The van der Waals surface area contributed by atoms with Crippen LogP contribution in [0.25, 0.3) is 0 Å². The zero-order chi connectivity index (χ0) is 10.0. The van der Waals surface area contributed by atoms with E-state index < -0.39 is 22.3 Å². The number of hydrogen-bond donors (Lipinski definition) is 0. The van der Waals surface area contributed by atoms with Gasteiger partial charge in [0, 0.05) is 13.0 Å². The van der Waals surface area contributed by atoms with E-state index in [0.29, 0.717) is 6.07 Å². The zero-order valence-electron chi connectivity index (χ0n) is 6.65. The summed E-state index contributed by atoms with van der Waals surface area (Å²) in [7, 11) is 0. The SMILES string of the molecule is CC(=O)c1cc(F)cc([N+](=O)[O-])n1. The molecule has 0 aliphatic heterocycles. The first-order valence-electron chi connectivity index (χ1n) is 3.33. The van der Waals surface area contributed by atoms with Crippen molar-refractivity contribution in [3.05, 3.63) is 33.8 Å². The average molecular weight is 184 g/mol. The number of carbonyl (C=O) groups is 1. The van der Waals surface area contributed by atoms with Gasteiger partial charge in [0.2, 0.25) is 11.5 Å². The molecule has 0 fully saturated rings. The first-order valence-corrected chi connectivity index (χ1v) is 3.33. The molecule has 0 spiro atoms. The first kappa shape index (κ1) is 9.24. The number of nitro groups is 1. The largest absolute Gasteiger partial charge is 0.367 e. The number of hydrogen-bond acceptors (Lipinski definition) is 4. The fraction of sp³-hybridized carbons (Fsp3) is 0.143. The van der Waals surface area contributed by atoms with E-state index >= 15 is 0 Å². The molecule has 13 heavy (non-hydrogen) atoms. The number of aromatic nitrogens is 1. The van der Waals surface area contributed by atoms with Gasteiger partial charge in [0.1, 0.15) is 5.82 Å². The minimum absolute atomic E-state index is 0.244. The lowest BCUT2D eigenvalue weighted by Gasteiger charge is -1.93. The van der Waals surface area contributed by atoms with E-state index in [0.717, 1.165) is 13.0 Å². The first-order chi connectivity index (χ1) is 6.00. The molecule has 0 saturated heterocycles. The lowest BCUT2D eigenvalue weighted by atomic mass is 10.2. The van der Waals surface area contributed by atoms with Gasteiger partial charge in [-0.3, -0.25) is 4.79 Å². The topological polar surface area (TPSA) is 73.1 Å². The van der Waals surface area contributed by atoms with Gasteiger partial charge >= 0.3 is 5.82 Å². The fourth-order valence-electron chi connectivity index (χ4n) is 0.757. The van der Waals surface area contributed by atoms with Crippen molar-refractivity contribution in [2.75, 3.05) is 0 Å². The lowest BCUT2D eigenvalue weighted by molar-refractivity contribution is -0.389. The second-order valence-electron chi connectivity index (χ2n) is 2.34. The van der Waals surface area contributed by atoms with Crippen molar-refractivity contribution in [2.24, 2.45) is 0 Å². The standard InChI is InChI=1S/C7H5FN2O3/c1-4(11)6-2-5(8)3-7(9-6)10(12)13/h2-3H,1H3. The predicted octanol–water partition coefficient (Wildman–Crippen LogP) is 1.33. The third kappa shape index (κ3) is 2.05. The lowest BCUT2D eigenvalue weighted by Crippen LogP contribution is -2.01. The van der Waals surface area contributed by atoms with E-state index in [1.165, 1.54) is 0 Å². The highest BCUT2D eigenvalue weighted by Gasteiger charge is 2.15. The Morgan fingerprint density at radius 1 is 1.62 bits per heavy atom. The van der Waals surface area contributed by atoms with Crippen molar-refractivity contribution in [3.8, 4) is 0 Å². The van der Waals surface area contributed by atoms with Gasteiger partial charge in [0.05, 0.1) is 6.07 Å². The summed E-state index contributed by atoms with van der Waals surface area (Å²) in [6.45, 7) is 1.16. The van der Waals surface area contributed by atoms with Gasteiger partial charge in [0.15, 0.2) is 0 Å². The molecule has 1 aromatic heterocycles. The number of ketones is 1. The van der Waals surface area contributed by atoms with Crippen molar-refractivity contribution in [3.63, 3.8) is 0 Å². The molecule has 0 N–H and O–H groups in total. The molecule has 0 amide bonds. The van der Waals surface area contributed by atoms with Crippen LogP contribution >= 0.6 is 0 Å². The molecule has 0 radical (unpaired) electrons. The zero-order valence-corrected chi connectivity index (χ0v) is 6.65. The third-order valence-electron chi connectivity index (χ3n) is 1.32. The molecule has 0 aliphatic rings. The molecule has 0 unspecified atom stereocenters. The van der Waals surface area contributed by atoms with Crippen molar-refractivity contribution < 1.29 is 14.1 Å². The van der Waals surface area contributed by atoms with Crippen LogP contribution in [0.15, 0.2) is 12.1 Å². The molecule has 0 bridgehead atoms. The Labute approximate surface area is 72.4 Å². The summed E-state index contributed by atoms with van der Waals surface area (Å²) in [5, 5.41) is 10.2. The summed E-state index contributed by atoms with van der Waals surface area (Å²) in [4.78, 5) is 23.4. The van der Waals surface area contributed by atoms with E-state index in [-0.39, 0.29) is 5.69 Å². The van der Waals surface area contributed by atoms with Gasteiger partial charge in [-0.15, -0.1) is 0 Å². The molecule has 0 saturated carbocycles. The Morgan fingerprint density at radius 3 is 2.69 bits per heavy atom. The summed E-state index contributed by atoms with van der Waals surface area (Å²) in [5.74, 6) is -2.01. The smallest absolute Gasteiger partial charge is 0.358 e. The van der Waals surface area contributed by atoms with Crippen molar-refractivity contribution in [1.29, 1.82) is 0 Å². The van der Waals surface area contributed by atoms with E-state index in [1.54, 1.807) is 0 Å². The van der Waals surface area contributed by atoms with Crippen molar-refractivity contribution in [1.82, 2.24) is 4.98 Å². The van der Waals surface area contributed by atoms with E-state index in [2.05, 4.69) is 4.98 Å². The maximum absolute atomic E-state index is 12.7. The molecule has 5 nitrogen and oxygen atoms in total. The number of nitrogens with zero attached hydrogens (tertiary/aromatic N) is 2. The minimum atomic E-state index is -0.852. The molecule has 68 valence electrons. The minimum Gasteiger partial charge on any atom is -0.358 e. The molecular formula is C7H5FN2O3. The second kappa shape index (κ2) is 3.26. The molecule has 1 heterocycles. The van der Waals surface area contributed by atoms with E-state index in [9.17, 15) is 19.3 Å². The van der Waals surface area contributed by atoms with E-state index in [1.807, 2.05) is 0 Å². The Morgan fingerprint density at radius 2 is 2.23 bits per heavy atom. The number of Topliss-reactive ketones (excluding diaryl/α,β-unsaturated/α-hetero) is 1. The van der Waals surface area contributed by atoms with Crippen LogP contribution in [0.5, 0.6) is 0 Å². The average Bonchev–Trinajstić information content (AvgIpc) is 2.03. The van der Waals surface area contributed by atoms with Crippen LogP contribution in [0, 0.1) is 15.9 Å². The molecule has 1 rings (SSSR count). The molecule has 6 heteroatoms. The van der Waals surface area contributed by atoms with E-state index in [4.69, 9.17) is 0 Å². The summed E-state index contributed by atoms with van der Waals surface area (Å²) in [6.07, 6.45) is 0. The Kier molecular flexibility index (Phi) is 2.32. The van der Waals surface area contributed by atoms with Crippen molar-refractivity contribution in [2.45, 2.75) is 6.92 Å².